The van der Waals surface area contributed by atoms with Gasteiger partial charge in [0.15, 0.2) is 0 Å². The zero-order chi connectivity index (χ0) is 13.0. The van der Waals surface area contributed by atoms with Crippen molar-refractivity contribution in [3.8, 4) is 0 Å². The van der Waals surface area contributed by atoms with Crippen molar-refractivity contribution in [2.75, 3.05) is 0 Å². The Morgan fingerprint density at radius 3 is 2.12 bits per heavy atom. The average molecular weight is 231 g/mol. The molecule has 0 saturated carbocycles. The van der Waals surface area contributed by atoms with Gasteiger partial charge in [-0.1, -0.05) is 13.3 Å². The Hall–Kier alpha value is -0.770. The quantitative estimate of drug-likeness (QED) is 0.781. The number of carbonyl (C=O) groups excluding carboxylic acids is 1. The summed E-state index contributed by atoms with van der Waals surface area (Å²) >= 11 is 0. The average Bonchev–Trinajstić information content (AvgIpc) is 1.97. The summed E-state index contributed by atoms with van der Waals surface area (Å²) in [6, 6.07) is -0.285. The van der Waals surface area contributed by atoms with E-state index in [0.717, 1.165) is 12.8 Å². The second kappa shape index (κ2) is 5.53. The molecule has 0 bridgehead atoms. The van der Waals surface area contributed by atoms with Crippen molar-refractivity contribution in [1.29, 1.82) is 0 Å². The van der Waals surface area contributed by atoms with Gasteiger partial charge in [0.25, 0.3) is 0 Å². The second-order valence-corrected chi connectivity index (χ2v) is 5.64. The maximum atomic E-state index is 11.5. The number of amides is 1. The minimum atomic E-state index is -0.938. The van der Waals surface area contributed by atoms with Crippen molar-refractivity contribution in [2.24, 2.45) is 0 Å². The molecule has 0 aromatic rings. The minimum Gasteiger partial charge on any atom is -0.444 e. The molecule has 4 heteroatoms. The molecule has 0 aromatic heterocycles. The lowest BCUT2D eigenvalue weighted by Crippen LogP contribution is -2.50. The largest absolute Gasteiger partial charge is 0.444 e. The summed E-state index contributed by atoms with van der Waals surface area (Å²) < 4.78 is 5.15. The van der Waals surface area contributed by atoms with Crippen LogP contribution in [0.5, 0.6) is 0 Å². The third-order valence-electron chi connectivity index (χ3n) is 2.12. The number of rotatable bonds is 4. The van der Waals surface area contributed by atoms with Gasteiger partial charge in [-0.2, -0.15) is 0 Å². The number of hydrogen-bond donors (Lipinski definition) is 2. The Balaban J connectivity index is 4.36. The molecule has 1 atom stereocenters. The molecule has 0 aliphatic rings. The fraction of sp³-hybridized carbons (Fsp3) is 0.917. The van der Waals surface area contributed by atoms with Crippen molar-refractivity contribution >= 4 is 6.09 Å². The van der Waals surface area contributed by atoms with Crippen LogP contribution in [0.25, 0.3) is 0 Å². The van der Waals surface area contributed by atoms with E-state index in [9.17, 15) is 9.90 Å². The molecule has 0 aromatic carbocycles. The topological polar surface area (TPSA) is 58.6 Å². The zero-order valence-electron chi connectivity index (χ0n) is 11.3. The smallest absolute Gasteiger partial charge is 0.407 e. The van der Waals surface area contributed by atoms with Gasteiger partial charge in [-0.15, -0.1) is 0 Å². The maximum absolute atomic E-state index is 11.5. The van der Waals surface area contributed by atoms with Crippen LogP contribution in [0.15, 0.2) is 0 Å². The Morgan fingerprint density at radius 1 is 1.31 bits per heavy atom. The highest BCUT2D eigenvalue weighted by Crippen LogP contribution is 2.15. The van der Waals surface area contributed by atoms with E-state index in [0.29, 0.717) is 0 Å². The predicted octanol–water partition coefficient (Wildman–Crippen LogP) is 2.45. The molecular formula is C12H25NO3. The van der Waals surface area contributed by atoms with Crippen LogP contribution in [0, 0.1) is 0 Å². The van der Waals surface area contributed by atoms with E-state index in [1.54, 1.807) is 13.8 Å². The van der Waals surface area contributed by atoms with Crippen molar-refractivity contribution < 1.29 is 14.6 Å². The van der Waals surface area contributed by atoms with Crippen molar-refractivity contribution in [3.63, 3.8) is 0 Å². The lowest BCUT2D eigenvalue weighted by Gasteiger charge is -2.31. The molecule has 16 heavy (non-hydrogen) atoms. The summed E-state index contributed by atoms with van der Waals surface area (Å²) in [4.78, 5) is 11.5. The Kier molecular flexibility index (Phi) is 5.26. The van der Waals surface area contributed by atoms with E-state index in [4.69, 9.17) is 4.74 Å². The fourth-order valence-electron chi connectivity index (χ4n) is 1.34. The number of alkyl carbamates (subject to hydrolysis) is 1. The van der Waals surface area contributed by atoms with Crippen LogP contribution < -0.4 is 5.32 Å². The van der Waals surface area contributed by atoms with E-state index in [1.807, 2.05) is 27.7 Å². The first-order valence-corrected chi connectivity index (χ1v) is 5.78. The van der Waals surface area contributed by atoms with Gasteiger partial charge in [-0.25, -0.2) is 4.79 Å². The monoisotopic (exact) mass is 231 g/mol. The van der Waals surface area contributed by atoms with Crippen LogP contribution >= 0.6 is 0 Å². The van der Waals surface area contributed by atoms with Crippen molar-refractivity contribution in [2.45, 2.75) is 71.6 Å². The molecule has 0 rings (SSSR count). The van der Waals surface area contributed by atoms with E-state index >= 15 is 0 Å². The van der Waals surface area contributed by atoms with Gasteiger partial charge in [-0.05, 0) is 41.0 Å². The molecule has 0 fully saturated rings. The van der Waals surface area contributed by atoms with Gasteiger partial charge in [0, 0.05) is 0 Å². The van der Waals surface area contributed by atoms with E-state index in [1.165, 1.54) is 0 Å². The van der Waals surface area contributed by atoms with Crippen molar-refractivity contribution in [1.82, 2.24) is 5.32 Å². The van der Waals surface area contributed by atoms with Gasteiger partial charge >= 0.3 is 6.09 Å². The maximum Gasteiger partial charge on any atom is 0.407 e. The number of ether oxygens (including phenoxy) is 1. The van der Waals surface area contributed by atoms with Gasteiger partial charge < -0.3 is 15.2 Å². The molecule has 0 spiro atoms. The summed E-state index contributed by atoms with van der Waals surface area (Å²) in [5, 5.41) is 12.6. The summed E-state index contributed by atoms with van der Waals surface area (Å²) in [6.07, 6.45) is 1.14. The minimum absolute atomic E-state index is 0.285. The van der Waals surface area contributed by atoms with Crippen LogP contribution in [0.4, 0.5) is 4.79 Å². The first-order valence-electron chi connectivity index (χ1n) is 5.78. The van der Waals surface area contributed by atoms with E-state index in [-0.39, 0.29) is 6.04 Å². The normalized spacial score (nSPS) is 14.4. The van der Waals surface area contributed by atoms with Crippen LogP contribution in [0.1, 0.15) is 54.4 Å². The molecule has 0 aliphatic heterocycles. The molecule has 4 nitrogen and oxygen atoms in total. The summed E-state index contributed by atoms with van der Waals surface area (Å²) in [7, 11) is 0. The Bertz CT molecular complexity index is 225. The first-order chi connectivity index (χ1) is 7.06. The number of carbonyl (C=O) groups is 1. The molecule has 96 valence electrons. The third kappa shape index (κ3) is 6.67. The fourth-order valence-corrected chi connectivity index (χ4v) is 1.34. The van der Waals surface area contributed by atoms with Crippen LogP contribution in [0.3, 0.4) is 0 Å². The van der Waals surface area contributed by atoms with E-state index < -0.39 is 17.3 Å². The van der Waals surface area contributed by atoms with Crippen LogP contribution in [-0.2, 0) is 4.74 Å². The van der Waals surface area contributed by atoms with Gasteiger partial charge in [0.1, 0.15) is 5.60 Å². The zero-order valence-corrected chi connectivity index (χ0v) is 11.3. The predicted molar refractivity (Wildman–Crippen MR) is 64.4 cm³/mol. The molecule has 0 saturated heterocycles. The molecule has 0 radical (unpaired) electrons. The second-order valence-electron chi connectivity index (χ2n) is 5.64. The summed E-state index contributed by atoms with van der Waals surface area (Å²) in [5.41, 5.74) is -1.45. The van der Waals surface area contributed by atoms with Gasteiger partial charge in [0.05, 0.1) is 11.6 Å². The molecule has 2 N–H and O–H groups in total. The molecular weight excluding hydrogens is 206 g/mol. The summed E-state index contributed by atoms with van der Waals surface area (Å²) in [5.74, 6) is 0. The van der Waals surface area contributed by atoms with Crippen LogP contribution in [0.2, 0.25) is 0 Å². The lowest BCUT2D eigenvalue weighted by atomic mass is 9.95. The van der Waals surface area contributed by atoms with Gasteiger partial charge in [0.2, 0.25) is 0 Å². The highest BCUT2D eigenvalue weighted by atomic mass is 16.6. The van der Waals surface area contributed by atoms with Crippen LogP contribution in [-0.4, -0.2) is 28.4 Å². The molecule has 1 amide bonds. The SMILES string of the molecule is CCCC(NC(=O)OC(C)(C)C)C(C)(C)O. The number of nitrogens with one attached hydrogen (secondary N) is 1. The van der Waals surface area contributed by atoms with Crippen molar-refractivity contribution in [3.05, 3.63) is 0 Å². The Morgan fingerprint density at radius 2 is 1.81 bits per heavy atom. The highest BCUT2D eigenvalue weighted by Gasteiger charge is 2.29. The van der Waals surface area contributed by atoms with E-state index in [2.05, 4.69) is 5.32 Å². The number of hydrogen-bond acceptors (Lipinski definition) is 3. The summed E-state index contributed by atoms with van der Waals surface area (Å²) in [6.45, 7) is 10.8. The molecule has 0 heterocycles. The Labute approximate surface area is 98.4 Å². The highest BCUT2D eigenvalue weighted by molar-refractivity contribution is 5.68. The van der Waals surface area contributed by atoms with Gasteiger partial charge in [-0.3, -0.25) is 0 Å². The molecule has 0 aliphatic carbocycles. The standard InChI is InChI=1S/C12H25NO3/c1-7-8-9(12(5,6)15)13-10(14)16-11(2,3)4/h9,15H,7-8H2,1-6H3,(H,13,14). The first kappa shape index (κ1) is 15.2. The molecule has 1 unspecified atom stereocenters. The third-order valence-corrected chi connectivity index (χ3v) is 2.12. The lowest BCUT2D eigenvalue weighted by molar-refractivity contribution is 0.0147. The number of aliphatic hydroxyl groups is 1.